The summed E-state index contributed by atoms with van der Waals surface area (Å²) in [6.07, 6.45) is 1.65. The van der Waals surface area contributed by atoms with E-state index in [9.17, 15) is 14.4 Å². The second-order valence-electron chi connectivity index (χ2n) is 7.79. The van der Waals surface area contributed by atoms with Crippen LogP contribution in [-0.2, 0) is 4.79 Å². The van der Waals surface area contributed by atoms with Gasteiger partial charge in [0.25, 0.3) is 0 Å². The number of allylic oxidation sites excluding steroid dienone is 1. The second kappa shape index (κ2) is 8.28. The van der Waals surface area contributed by atoms with Gasteiger partial charge in [-0.25, -0.2) is 0 Å². The molecule has 0 bridgehead atoms. The normalized spacial score (nSPS) is 21.4. The number of ketones is 2. The van der Waals surface area contributed by atoms with Crippen LogP contribution in [0.25, 0.3) is 0 Å². The zero-order valence-electron chi connectivity index (χ0n) is 18.0. The number of primary amides is 1. The van der Waals surface area contributed by atoms with Crippen molar-refractivity contribution in [2.45, 2.75) is 18.9 Å². The van der Waals surface area contributed by atoms with Gasteiger partial charge in [0.1, 0.15) is 22.1 Å². The Morgan fingerprint density at radius 1 is 1.18 bits per heavy atom. The van der Waals surface area contributed by atoms with Crippen LogP contribution in [0.4, 0.5) is 5.69 Å². The number of ether oxygens (including phenoxy) is 3. The lowest BCUT2D eigenvalue weighted by Crippen LogP contribution is -2.55. The number of hydrogen-bond acceptors (Lipinski definition) is 7. The van der Waals surface area contributed by atoms with Gasteiger partial charge in [-0.2, -0.15) is 0 Å². The van der Waals surface area contributed by atoms with Gasteiger partial charge in [-0.3, -0.25) is 14.4 Å². The number of benzene rings is 2. The van der Waals surface area contributed by atoms with Crippen LogP contribution in [0.5, 0.6) is 17.2 Å². The first-order chi connectivity index (χ1) is 15.6. The summed E-state index contributed by atoms with van der Waals surface area (Å²) in [4.78, 5) is 38.2. The molecule has 1 aliphatic carbocycles. The molecule has 3 N–H and O–H groups in total. The van der Waals surface area contributed by atoms with Gasteiger partial charge in [-0.1, -0.05) is 30.1 Å². The van der Waals surface area contributed by atoms with E-state index in [-0.39, 0.29) is 38.4 Å². The number of amides is 1. The minimum atomic E-state index is -1.76. The number of halogens is 2. The van der Waals surface area contributed by atoms with E-state index < -0.39 is 29.0 Å². The lowest BCUT2D eigenvalue weighted by atomic mass is 9.74. The minimum Gasteiger partial charge on any atom is -0.496 e. The number of carbonyl (C=O) groups excluding carboxylic acids is 3. The second-order valence-corrected chi connectivity index (χ2v) is 8.57. The predicted octanol–water partition coefficient (Wildman–Crippen LogP) is 4.03. The Hall–Kier alpha value is -3.23. The van der Waals surface area contributed by atoms with Gasteiger partial charge in [0.2, 0.25) is 23.1 Å². The maximum absolute atomic E-state index is 13.5. The van der Waals surface area contributed by atoms with E-state index in [0.29, 0.717) is 17.8 Å². The van der Waals surface area contributed by atoms with E-state index in [4.69, 9.17) is 43.1 Å². The molecule has 8 nitrogen and oxygen atoms in total. The fourth-order valence-corrected chi connectivity index (χ4v) is 4.73. The average molecular weight is 491 g/mol. The van der Waals surface area contributed by atoms with Gasteiger partial charge in [-0.05, 0) is 24.6 Å². The molecule has 2 atom stereocenters. The highest BCUT2D eigenvalue weighted by Gasteiger charge is 2.60. The molecule has 4 rings (SSSR count). The number of anilines is 1. The number of carbonyl (C=O) groups is 3. The highest BCUT2D eigenvalue weighted by atomic mass is 35.5. The van der Waals surface area contributed by atoms with E-state index in [1.54, 1.807) is 13.0 Å². The number of nitrogens with two attached hydrogens (primary N) is 1. The molecule has 0 unspecified atom stereocenters. The molecule has 33 heavy (non-hydrogen) atoms. The third-order valence-electron chi connectivity index (χ3n) is 5.85. The van der Waals surface area contributed by atoms with Crippen molar-refractivity contribution >= 4 is 46.4 Å². The standard InChI is InChI=1S/C23H20Cl2N2O6/c1-10-6-12(27-11-4-5-13(22(26)30)14(24)7-11)8-17(28)23(10)21(29)18-15(31-2)9-16(32-3)19(25)20(18)33-23/h4-5,7-10,27H,6H2,1-3H3,(H2,26,30)/t10-,23+/m1/s1. The topological polar surface area (TPSA) is 117 Å². The lowest BCUT2D eigenvalue weighted by molar-refractivity contribution is -0.129. The van der Waals surface area contributed by atoms with E-state index in [1.165, 1.54) is 38.5 Å². The number of Topliss-reactive ketones (excluding diaryl/α,β-unsaturated/α-hetero) is 1. The molecule has 1 amide bonds. The summed E-state index contributed by atoms with van der Waals surface area (Å²) in [5, 5.41) is 3.38. The molecule has 0 aromatic heterocycles. The van der Waals surface area contributed by atoms with Gasteiger partial charge in [0, 0.05) is 29.4 Å². The van der Waals surface area contributed by atoms with Crippen molar-refractivity contribution in [3.63, 3.8) is 0 Å². The third-order valence-corrected chi connectivity index (χ3v) is 6.52. The number of hydrogen-bond donors (Lipinski definition) is 2. The first kappa shape index (κ1) is 22.9. The van der Waals surface area contributed by atoms with Crippen molar-refractivity contribution in [2.75, 3.05) is 19.5 Å². The molecule has 2 aliphatic rings. The summed E-state index contributed by atoms with van der Waals surface area (Å²) >= 11 is 12.5. The quantitative estimate of drug-likeness (QED) is 0.607. The fourth-order valence-electron chi connectivity index (χ4n) is 4.19. The first-order valence-corrected chi connectivity index (χ1v) is 10.7. The van der Waals surface area contributed by atoms with Crippen molar-refractivity contribution in [2.24, 2.45) is 11.7 Å². The first-order valence-electron chi connectivity index (χ1n) is 9.93. The van der Waals surface area contributed by atoms with Gasteiger partial charge >= 0.3 is 0 Å². The van der Waals surface area contributed by atoms with E-state index >= 15 is 0 Å². The number of methoxy groups -OCH3 is 2. The SMILES string of the molecule is COc1cc(OC)c2c(c1Cl)O[C@@]1(C(=O)C=C(Nc3ccc(C(N)=O)c(Cl)c3)C[C@H]1C)C2=O. The summed E-state index contributed by atoms with van der Waals surface area (Å²) in [5.74, 6) is -1.67. The predicted molar refractivity (Wildman–Crippen MR) is 123 cm³/mol. The van der Waals surface area contributed by atoms with E-state index in [0.717, 1.165) is 0 Å². The van der Waals surface area contributed by atoms with Gasteiger partial charge < -0.3 is 25.3 Å². The molecule has 1 heterocycles. The molecular formula is C23H20Cl2N2O6. The van der Waals surface area contributed by atoms with Gasteiger partial charge in [-0.15, -0.1) is 0 Å². The smallest absolute Gasteiger partial charge is 0.250 e. The molecular weight excluding hydrogens is 471 g/mol. The maximum atomic E-state index is 13.5. The molecule has 0 fully saturated rings. The molecule has 2 aromatic rings. The summed E-state index contributed by atoms with van der Waals surface area (Å²) < 4.78 is 16.6. The highest BCUT2D eigenvalue weighted by Crippen LogP contribution is 2.53. The van der Waals surface area contributed by atoms with Gasteiger partial charge in [0.05, 0.1) is 24.8 Å². The number of nitrogens with one attached hydrogen (secondary N) is 1. The molecule has 0 saturated heterocycles. The maximum Gasteiger partial charge on any atom is 0.250 e. The Bertz CT molecular complexity index is 1240. The van der Waals surface area contributed by atoms with Crippen LogP contribution in [0.1, 0.15) is 34.1 Å². The summed E-state index contributed by atoms with van der Waals surface area (Å²) in [7, 11) is 2.83. The van der Waals surface area contributed by atoms with Gasteiger partial charge in [0.15, 0.2) is 5.75 Å². The molecule has 0 saturated carbocycles. The average Bonchev–Trinajstić information content (AvgIpc) is 3.07. The molecule has 1 aliphatic heterocycles. The minimum absolute atomic E-state index is 0.0664. The van der Waals surface area contributed by atoms with Crippen LogP contribution in [0.3, 0.4) is 0 Å². The monoisotopic (exact) mass is 490 g/mol. The van der Waals surface area contributed by atoms with Crippen molar-refractivity contribution < 1.29 is 28.6 Å². The number of fused-ring (bicyclic) bond motifs is 1. The number of rotatable bonds is 5. The van der Waals surface area contributed by atoms with Crippen LogP contribution in [0, 0.1) is 5.92 Å². The lowest BCUT2D eigenvalue weighted by Gasteiger charge is -2.35. The zero-order chi connectivity index (χ0) is 24.1. The molecule has 172 valence electrons. The summed E-state index contributed by atoms with van der Waals surface area (Å²) in [5.41, 5.74) is 4.94. The Kier molecular flexibility index (Phi) is 5.76. The van der Waals surface area contributed by atoms with Crippen LogP contribution in [0.2, 0.25) is 10.0 Å². The zero-order valence-corrected chi connectivity index (χ0v) is 19.5. The van der Waals surface area contributed by atoms with Crippen LogP contribution >= 0.6 is 23.2 Å². The molecule has 10 heteroatoms. The molecule has 1 spiro atoms. The van der Waals surface area contributed by atoms with Crippen molar-refractivity contribution in [3.05, 3.63) is 57.2 Å². The largest absolute Gasteiger partial charge is 0.496 e. The fraction of sp³-hybridized carbons (Fsp3) is 0.261. The summed E-state index contributed by atoms with van der Waals surface area (Å²) in [6.45, 7) is 1.75. The van der Waals surface area contributed by atoms with Crippen molar-refractivity contribution in [1.29, 1.82) is 0 Å². The van der Waals surface area contributed by atoms with Crippen LogP contribution in [0.15, 0.2) is 36.0 Å². The summed E-state index contributed by atoms with van der Waals surface area (Å²) in [6, 6.07) is 6.13. The van der Waals surface area contributed by atoms with Crippen molar-refractivity contribution in [1.82, 2.24) is 0 Å². The Morgan fingerprint density at radius 2 is 1.88 bits per heavy atom. The van der Waals surface area contributed by atoms with E-state index in [1.807, 2.05) is 0 Å². The van der Waals surface area contributed by atoms with Crippen LogP contribution in [-0.4, -0.2) is 37.3 Å². The molecule has 0 radical (unpaired) electrons. The Balaban J connectivity index is 1.68. The van der Waals surface area contributed by atoms with Crippen molar-refractivity contribution in [3.8, 4) is 17.2 Å². The Labute approximate surface area is 199 Å². The third kappa shape index (κ3) is 3.50. The molecule has 2 aromatic carbocycles. The Morgan fingerprint density at radius 3 is 2.45 bits per heavy atom. The highest BCUT2D eigenvalue weighted by molar-refractivity contribution is 6.36. The van der Waals surface area contributed by atoms with Crippen LogP contribution < -0.4 is 25.3 Å². The van der Waals surface area contributed by atoms with E-state index in [2.05, 4.69) is 5.32 Å².